The number of hydrogen-bond donors (Lipinski definition) is 0. The van der Waals surface area contributed by atoms with Crippen molar-refractivity contribution in [2.45, 2.75) is 38.9 Å². The maximum absolute atomic E-state index is 12.9. The summed E-state index contributed by atoms with van der Waals surface area (Å²) in [5.41, 5.74) is 1.77. The number of carbonyl (C=O) groups excluding carboxylic acids is 4. The first-order chi connectivity index (χ1) is 22.5. The first-order valence-corrected chi connectivity index (χ1v) is 15.8. The zero-order chi connectivity index (χ0) is 32.7. The second kappa shape index (κ2) is 22.6. The summed E-state index contributed by atoms with van der Waals surface area (Å²) in [7, 11) is 0. The minimum absolute atomic E-state index is 0.0105. The second-order valence-electron chi connectivity index (χ2n) is 10.5. The predicted octanol–water partition coefficient (Wildman–Crippen LogP) is 2.77. The van der Waals surface area contributed by atoms with Crippen LogP contribution in [0.3, 0.4) is 0 Å². The van der Waals surface area contributed by atoms with Crippen LogP contribution in [-0.2, 0) is 60.8 Å². The quantitative estimate of drug-likeness (QED) is 0.357. The molecule has 0 aliphatic carbocycles. The third-order valence-electron chi connectivity index (χ3n) is 7.04. The van der Waals surface area contributed by atoms with Gasteiger partial charge in [0.25, 0.3) is 0 Å². The van der Waals surface area contributed by atoms with Crippen LogP contribution >= 0.6 is 0 Å². The Labute approximate surface area is 270 Å². The Hall–Kier alpha value is -3.84. The van der Waals surface area contributed by atoms with Crippen LogP contribution in [-0.4, -0.2) is 113 Å². The van der Waals surface area contributed by atoms with E-state index in [1.807, 2.05) is 60.7 Å². The molecule has 12 nitrogen and oxygen atoms in total. The molecular formula is C34H46N2O10. The smallest absolute Gasteiger partial charge is 0.306 e. The minimum atomic E-state index is -0.429. The highest BCUT2D eigenvalue weighted by Gasteiger charge is 2.18. The average Bonchev–Trinajstić information content (AvgIpc) is 3.08. The van der Waals surface area contributed by atoms with Crippen molar-refractivity contribution in [3.05, 3.63) is 71.8 Å². The zero-order valence-corrected chi connectivity index (χ0v) is 26.5. The number of nitrogens with zero attached hydrogens (tertiary/aromatic N) is 2. The molecule has 1 fully saturated rings. The van der Waals surface area contributed by atoms with Crippen molar-refractivity contribution in [1.29, 1.82) is 0 Å². The molecule has 2 aromatic carbocycles. The summed E-state index contributed by atoms with van der Waals surface area (Å²) < 4.78 is 33.2. The van der Waals surface area contributed by atoms with Crippen molar-refractivity contribution in [2.75, 3.05) is 79.0 Å². The number of ether oxygens (including phenoxy) is 6. The molecule has 0 radical (unpaired) electrons. The lowest BCUT2D eigenvalue weighted by atomic mass is 10.2. The SMILES string of the molecule is O=C(CCC(=O)N1CCOCCOCCN(C(=O)CCC(=O)OCc2ccccc2)CCOCCOCC1)OCc1ccccc1. The van der Waals surface area contributed by atoms with E-state index in [1.54, 1.807) is 9.80 Å². The summed E-state index contributed by atoms with van der Waals surface area (Å²) >= 11 is 0. The Morgan fingerprint density at radius 3 is 1.13 bits per heavy atom. The fourth-order valence-corrected chi connectivity index (χ4v) is 4.42. The minimum Gasteiger partial charge on any atom is -0.461 e. The lowest BCUT2D eigenvalue weighted by Gasteiger charge is -2.24. The van der Waals surface area contributed by atoms with Gasteiger partial charge in [-0.1, -0.05) is 60.7 Å². The Balaban J connectivity index is 1.36. The average molecular weight is 643 g/mol. The fourth-order valence-electron chi connectivity index (χ4n) is 4.42. The molecule has 0 aromatic heterocycles. The molecule has 1 saturated heterocycles. The summed E-state index contributed by atoms with van der Waals surface area (Å²) in [6.07, 6.45) is 0.0424. The topological polar surface area (TPSA) is 130 Å². The van der Waals surface area contributed by atoms with Crippen molar-refractivity contribution in [3.8, 4) is 0 Å². The van der Waals surface area contributed by atoms with E-state index in [4.69, 9.17) is 28.4 Å². The fraction of sp³-hybridized carbons (Fsp3) is 0.529. The van der Waals surface area contributed by atoms with Gasteiger partial charge in [0.05, 0.1) is 65.7 Å². The van der Waals surface area contributed by atoms with E-state index < -0.39 is 11.9 Å². The number of hydrogen-bond acceptors (Lipinski definition) is 10. The van der Waals surface area contributed by atoms with Crippen LogP contribution in [0.25, 0.3) is 0 Å². The lowest BCUT2D eigenvalue weighted by Crippen LogP contribution is -2.38. The number of benzene rings is 2. The van der Waals surface area contributed by atoms with Gasteiger partial charge in [-0.05, 0) is 11.1 Å². The van der Waals surface area contributed by atoms with Gasteiger partial charge in [-0.3, -0.25) is 19.2 Å². The predicted molar refractivity (Wildman–Crippen MR) is 167 cm³/mol. The summed E-state index contributed by atoms with van der Waals surface area (Å²) in [5, 5.41) is 0. The molecule has 3 rings (SSSR count). The van der Waals surface area contributed by atoms with E-state index in [2.05, 4.69) is 0 Å². The Morgan fingerprint density at radius 1 is 0.478 bits per heavy atom. The standard InChI is InChI=1S/C34H46N2O10/c37-31(11-13-33(39)45-27-29-7-3-1-4-8-29)35-15-19-41-23-25-43-21-17-36(18-22-44-26-24-42-20-16-35)32(38)12-14-34(40)46-28-30-9-5-2-6-10-30/h1-10H,11-28H2. The van der Waals surface area contributed by atoms with Gasteiger partial charge in [0.15, 0.2) is 0 Å². The molecule has 0 saturated carbocycles. The van der Waals surface area contributed by atoms with Gasteiger partial charge >= 0.3 is 11.9 Å². The maximum Gasteiger partial charge on any atom is 0.306 e. The maximum atomic E-state index is 12.9. The van der Waals surface area contributed by atoms with Crippen LogP contribution in [0.4, 0.5) is 0 Å². The van der Waals surface area contributed by atoms with Crippen LogP contribution in [0.2, 0.25) is 0 Å². The Kier molecular flexibility index (Phi) is 18.0. The van der Waals surface area contributed by atoms with Crippen molar-refractivity contribution in [2.24, 2.45) is 0 Å². The Morgan fingerprint density at radius 2 is 0.804 bits per heavy atom. The van der Waals surface area contributed by atoms with E-state index in [9.17, 15) is 19.2 Å². The van der Waals surface area contributed by atoms with Crippen LogP contribution in [0, 0.1) is 0 Å². The van der Waals surface area contributed by atoms with Crippen molar-refractivity contribution >= 4 is 23.8 Å². The molecule has 0 bridgehead atoms. The molecule has 0 N–H and O–H groups in total. The first kappa shape index (κ1) is 36.6. The van der Waals surface area contributed by atoms with Gasteiger partial charge < -0.3 is 38.2 Å². The van der Waals surface area contributed by atoms with Crippen LogP contribution in [0.1, 0.15) is 36.8 Å². The summed E-state index contributed by atoms with van der Waals surface area (Å²) in [6.45, 7) is 4.13. The molecule has 2 amide bonds. The Bertz CT molecular complexity index is 1050. The van der Waals surface area contributed by atoms with Gasteiger partial charge in [0, 0.05) is 39.0 Å². The van der Waals surface area contributed by atoms with Crippen molar-refractivity contribution < 1.29 is 47.6 Å². The highest BCUT2D eigenvalue weighted by molar-refractivity contribution is 5.82. The highest BCUT2D eigenvalue weighted by atomic mass is 16.5. The van der Waals surface area contributed by atoms with E-state index in [0.29, 0.717) is 79.0 Å². The van der Waals surface area contributed by atoms with Gasteiger partial charge in [-0.25, -0.2) is 0 Å². The molecule has 1 aliphatic heterocycles. The first-order valence-electron chi connectivity index (χ1n) is 15.8. The third-order valence-corrected chi connectivity index (χ3v) is 7.04. The van der Waals surface area contributed by atoms with Crippen LogP contribution in [0.15, 0.2) is 60.7 Å². The number of carbonyl (C=O) groups is 4. The van der Waals surface area contributed by atoms with E-state index >= 15 is 0 Å². The van der Waals surface area contributed by atoms with E-state index in [1.165, 1.54) is 0 Å². The lowest BCUT2D eigenvalue weighted by molar-refractivity contribution is -0.148. The summed E-state index contributed by atoms with van der Waals surface area (Å²) in [6, 6.07) is 18.7. The number of rotatable bonds is 10. The number of esters is 2. The van der Waals surface area contributed by atoms with Gasteiger partial charge in [-0.15, -0.1) is 0 Å². The molecule has 0 unspecified atom stereocenters. The number of amides is 2. The van der Waals surface area contributed by atoms with Crippen LogP contribution < -0.4 is 0 Å². The van der Waals surface area contributed by atoms with Gasteiger partial charge in [0.1, 0.15) is 13.2 Å². The summed E-state index contributed by atoms with van der Waals surface area (Å²) in [5.74, 6) is -1.22. The molecule has 0 atom stereocenters. The van der Waals surface area contributed by atoms with Crippen molar-refractivity contribution in [3.63, 3.8) is 0 Å². The summed E-state index contributed by atoms with van der Waals surface area (Å²) in [4.78, 5) is 53.3. The van der Waals surface area contributed by atoms with E-state index in [0.717, 1.165) is 11.1 Å². The molecule has 1 aliphatic rings. The normalized spacial score (nSPS) is 16.1. The van der Waals surface area contributed by atoms with Crippen molar-refractivity contribution in [1.82, 2.24) is 9.80 Å². The monoisotopic (exact) mass is 642 g/mol. The zero-order valence-electron chi connectivity index (χ0n) is 26.5. The molecule has 0 spiro atoms. The van der Waals surface area contributed by atoms with Gasteiger partial charge in [0.2, 0.25) is 11.8 Å². The second-order valence-corrected chi connectivity index (χ2v) is 10.5. The molecule has 12 heteroatoms. The van der Waals surface area contributed by atoms with Crippen LogP contribution in [0.5, 0.6) is 0 Å². The largest absolute Gasteiger partial charge is 0.461 e. The van der Waals surface area contributed by atoms with Gasteiger partial charge in [-0.2, -0.15) is 0 Å². The molecule has 1 heterocycles. The van der Waals surface area contributed by atoms with E-state index in [-0.39, 0.29) is 50.7 Å². The highest BCUT2D eigenvalue weighted by Crippen LogP contribution is 2.07. The third kappa shape index (κ3) is 15.9. The molecule has 2 aromatic rings. The molecular weight excluding hydrogens is 596 g/mol. The molecule has 252 valence electrons. The molecule has 46 heavy (non-hydrogen) atoms.